The second kappa shape index (κ2) is 9.70. The summed E-state index contributed by atoms with van der Waals surface area (Å²) in [5.74, 6) is 2.02. The van der Waals surface area contributed by atoms with Crippen molar-refractivity contribution in [1.82, 2.24) is 5.32 Å². The monoisotopic (exact) mass is 357 g/mol. The van der Waals surface area contributed by atoms with E-state index < -0.39 is 6.10 Å². The van der Waals surface area contributed by atoms with E-state index in [2.05, 4.69) is 5.32 Å². The van der Waals surface area contributed by atoms with E-state index in [0.29, 0.717) is 23.8 Å². The van der Waals surface area contributed by atoms with Crippen molar-refractivity contribution in [1.29, 1.82) is 0 Å². The Balaban J connectivity index is 1.75. The number of ether oxygens (including phenoxy) is 3. The van der Waals surface area contributed by atoms with Crippen LogP contribution in [0.5, 0.6) is 17.2 Å². The fraction of sp³-hybridized carbons (Fsp3) is 0.381. The van der Waals surface area contributed by atoms with Crippen molar-refractivity contribution in [3.05, 3.63) is 53.6 Å². The van der Waals surface area contributed by atoms with Crippen molar-refractivity contribution in [2.24, 2.45) is 0 Å². The molecule has 0 saturated heterocycles. The summed E-state index contributed by atoms with van der Waals surface area (Å²) in [5, 5.41) is 2.92. The molecule has 0 heterocycles. The van der Waals surface area contributed by atoms with Crippen molar-refractivity contribution in [2.45, 2.75) is 32.8 Å². The quantitative estimate of drug-likeness (QED) is 0.698. The van der Waals surface area contributed by atoms with E-state index in [1.807, 2.05) is 49.4 Å². The summed E-state index contributed by atoms with van der Waals surface area (Å²) in [5.41, 5.74) is 2.30. The van der Waals surface area contributed by atoms with Crippen LogP contribution in [0.15, 0.2) is 42.5 Å². The minimum Gasteiger partial charge on any atom is -0.493 e. The molecule has 0 unspecified atom stereocenters. The normalized spacial score (nSPS) is 11.5. The number of hydrogen-bond donors (Lipinski definition) is 1. The summed E-state index contributed by atoms with van der Waals surface area (Å²) in [4.78, 5) is 12.1. The number of benzene rings is 2. The molecule has 0 fully saturated rings. The van der Waals surface area contributed by atoms with Crippen molar-refractivity contribution >= 4 is 5.91 Å². The van der Waals surface area contributed by atoms with E-state index in [9.17, 15) is 4.79 Å². The van der Waals surface area contributed by atoms with Crippen LogP contribution in [0, 0.1) is 6.92 Å². The third-order valence-electron chi connectivity index (χ3n) is 4.09. The first-order valence-electron chi connectivity index (χ1n) is 8.75. The highest BCUT2D eigenvalue weighted by molar-refractivity contribution is 5.80. The second-order valence-corrected chi connectivity index (χ2v) is 6.16. The van der Waals surface area contributed by atoms with Gasteiger partial charge in [0.25, 0.3) is 5.91 Å². The van der Waals surface area contributed by atoms with Gasteiger partial charge in [0.1, 0.15) is 5.75 Å². The number of hydrogen-bond acceptors (Lipinski definition) is 4. The van der Waals surface area contributed by atoms with Gasteiger partial charge in [-0.15, -0.1) is 0 Å². The SMILES string of the molecule is COc1ccc(CCCNC(=O)[C@@H](C)Oc2ccc(C)cc2)cc1OC. The van der Waals surface area contributed by atoms with Crippen LogP contribution >= 0.6 is 0 Å². The fourth-order valence-electron chi connectivity index (χ4n) is 2.56. The number of amides is 1. The Morgan fingerprint density at radius 3 is 2.38 bits per heavy atom. The molecule has 0 radical (unpaired) electrons. The summed E-state index contributed by atoms with van der Waals surface area (Å²) >= 11 is 0. The predicted molar refractivity (Wildman–Crippen MR) is 102 cm³/mol. The molecule has 1 atom stereocenters. The van der Waals surface area contributed by atoms with Crippen LogP contribution in [0.1, 0.15) is 24.5 Å². The molecule has 0 aromatic heterocycles. The molecule has 0 bridgehead atoms. The lowest BCUT2D eigenvalue weighted by Crippen LogP contribution is -2.36. The first kappa shape index (κ1) is 19.6. The molecular formula is C21H27NO4. The third-order valence-corrected chi connectivity index (χ3v) is 4.09. The molecule has 1 amide bonds. The van der Waals surface area contributed by atoms with Gasteiger partial charge in [-0.05, 0) is 56.5 Å². The van der Waals surface area contributed by atoms with Crippen molar-refractivity contribution in [2.75, 3.05) is 20.8 Å². The summed E-state index contributed by atoms with van der Waals surface area (Å²) in [6, 6.07) is 13.5. The predicted octanol–water partition coefficient (Wildman–Crippen LogP) is 3.53. The largest absolute Gasteiger partial charge is 0.493 e. The van der Waals surface area contributed by atoms with E-state index in [1.54, 1.807) is 21.1 Å². The number of methoxy groups -OCH3 is 2. The Hall–Kier alpha value is -2.69. The van der Waals surface area contributed by atoms with Gasteiger partial charge in [-0.25, -0.2) is 0 Å². The molecular weight excluding hydrogens is 330 g/mol. The Bertz CT molecular complexity index is 712. The van der Waals surface area contributed by atoms with Gasteiger partial charge in [-0.2, -0.15) is 0 Å². The summed E-state index contributed by atoms with van der Waals surface area (Å²) in [6.45, 7) is 4.36. The molecule has 1 N–H and O–H groups in total. The highest BCUT2D eigenvalue weighted by Gasteiger charge is 2.14. The molecule has 0 aliphatic heterocycles. The van der Waals surface area contributed by atoms with Gasteiger partial charge in [-0.3, -0.25) is 4.79 Å². The molecule has 2 rings (SSSR count). The zero-order valence-corrected chi connectivity index (χ0v) is 15.9. The Morgan fingerprint density at radius 1 is 1.04 bits per heavy atom. The Morgan fingerprint density at radius 2 is 1.73 bits per heavy atom. The number of rotatable bonds is 9. The van der Waals surface area contributed by atoms with Gasteiger partial charge < -0.3 is 19.5 Å². The van der Waals surface area contributed by atoms with Crippen LogP contribution in [0.3, 0.4) is 0 Å². The highest BCUT2D eigenvalue weighted by Crippen LogP contribution is 2.27. The summed E-state index contributed by atoms with van der Waals surface area (Å²) < 4.78 is 16.2. The topological polar surface area (TPSA) is 56.8 Å². The lowest BCUT2D eigenvalue weighted by Gasteiger charge is -2.15. The van der Waals surface area contributed by atoms with Crippen LogP contribution in [0.4, 0.5) is 0 Å². The third kappa shape index (κ3) is 5.69. The average Bonchev–Trinajstić information content (AvgIpc) is 2.66. The maximum absolute atomic E-state index is 12.1. The summed E-state index contributed by atoms with van der Waals surface area (Å²) in [7, 11) is 3.24. The Labute approximate surface area is 155 Å². The van der Waals surface area contributed by atoms with Crippen LogP contribution in [0.2, 0.25) is 0 Å². The van der Waals surface area contributed by atoms with E-state index >= 15 is 0 Å². The number of carbonyl (C=O) groups excluding carboxylic acids is 1. The standard InChI is InChI=1S/C21H27NO4/c1-15-7-10-18(11-8-15)26-16(2)21(23)22-13-5-6-17-9-12-19(24-3)20(14-17)25-4/h7-12,14,16H,5-6,13H2,1-4H3,(H,22,23)/t16-/m1/s1. The van der Waals surface area contributed by atoms with E-state index in [-0.39, 0.29) is 5.91 Å². The van der Waals surface area contributed by atoms with Crippen LogP contribution in [-0.2, 0) is 11.2 Å². The van der Waals surface area contributed by atoms with Crippen LogP contribution < -0.4 is 19.5 Å². The second-order valence-electron chi connectivity index (χ2n) is 6.16. The molecule has 0 saturated carbocycles. The fourth-order valence-corrected chi connectivity index (χ4v) is 2.56. The van der Waals surface area contributed by atoms with E-state index in [1.165, 1.54) is 0 Å². The molecule has 26 heavy (non-hydrogen) atoms. The lowest BCUT2D eigenvalue weighted by atomic mass is 10.1. The number of aryl methyl sites for hydroxylation is 2. The first-order valence-corrected chi connectivity index (χ1v) is 8.75. The molecule has 5 nitrogen and oxygen atoms in total. The van der Waals surface area contributed by atoms with Crippen molar-refractivity contribution < 1.29 is 19.0 Å². The zero-order chi connectivity index (χ0) is 18.9. The van der Waals surface area contributed by atoms with E-state index in [4.69, 9.17) is 14.2 Å². The number of nitrogens with one attached hydrogen (secondary N) is 1. The lowest BCUT2D eigenvalue weighted by molar-refractivity contribution is -0.127. The van der Waals surface area contributed by atoms with Gasteiger partial charge in [0.2, 0.25) is 0 Å². The molecule has 5 heteroatoms. The highest BCUT2D eigenvalue weighted by atomic mass is 16.5. The minimum absolute atomic E-state index is 0.113. The molecule has 2 aromatic rings. The van der Waals surface area contributed by atoms with Gasteiger partial charge in [-0.1, -0.05) is 23.8 Å². The van der Waals surface area contributed by atoms with Gasteiger partial charge in [0, 0.05) is 6.54 Å². The minimum atomic E-state index is -0.529. The average molecular weight is 357 g/mol. The first-order chi connectivity index (χ1) is 12.5. The zero-order valence-electron chi connectivity index (χ0n) is 15.9. The van der Waals surface area contributed by atoms with Crippen molar-refractivity contribution in [3.8, 4) is 17.2 Å². The maximum Gasteiger partial charge on any atom is 0.260 e. The van der Waals surface area contributed by atoms with Gasteiger partial charge in [0.15, 0.2) is 17.6 Å². The van der Waals surface area contributed by atoms with Crippen LogP contribution in [0.25, 0.3) is 0 Å². The molecule has 0 spiro atoms. The molecule has 140 valence electrons. The van der Waals surface area contributed by atoms with Gasteiger partial charge >= 0.3 is 0 Å². The maximum atomic E-state index is 12.1. The van der Waals surface area contributed by atoms with E-state index in [0.717, 1.165) is 24.0 Å². The molecule has 2 aromatic carbocycles. The van der Waals surface area contributed by atoms with Crippen molar-refractivity contribution in [3.63, 3.8) is 0 Å². The smallest absolute Gasteiger partial charge is 0.260 e. The molecule has 0 aliphatic rings. The number of carbonyl (C=O) groups is 1. The Kier molecular flexibility index (Phi) is 7.33. The van der Waals surface area contributed by atoms with Crippen LogP contribution in [-0.4, -0.2) is 32.8 Å². The molecule has 0 aliphatic carbocycles. The summed E-state index contributed by atoms with van der Waals surface area (Å²) in [6.07, 6.45) is 1.14. The van der Waals surface area contributed by atoms with Gasteiger partial charge in [0.05, 0.1) is 14.2 Å².